The van der Waals surface area contributed by atoms with Crippen LogP contribution in [0.5, 0.6) is 5.75 Å². The monoisotopic (exact) mass is 493 g/mol. The molecule has 0 radical (unpaired) electrons. The van der Waals surface area contributed by atoms with Crippen LogP contribution in [0.2, 0.25) is 0 Å². The van der Waals surface area contributed by atoms with E-state index in [0.717, 1.165) is 28.3 Å². The number of allylic oxidation sites excluding steroid dienone is 1. The molecule has 4 rings (SSSR count). The smallest absolute Gasteiger partial charge is 0.338 e. The van der Waals surface area contributed by atoms with Crippen molar-refractivity contribution in [2.45, 2.75) is 53.7 Å². The number of rotatable bonds is 6. The first-order chi connectivity index (χ1) is 16.6. The summed E-state index contributed by atoms with van der Waals surface area (Å²) in [4.78, 5) is 32.2. The van der Waals surface area contributed by atoms with Gasteiger partial charge in [0.2, 0.25) is 0 Å². The average molecular weight is 494 g/mol. The van der Waals surface area contributed by atoms with Crippen LogP contribution in [0.4, 0.5) is 0 Å². The Bertz CT molecular complexity index is 1490. The van der Waals surface area contributed by atoms with Gasteiger partial charge in [0.1, 0.15) is 5.75 Å². The van der Waals surface area contributed by atoms with Crippen LogP contribution in [0.25, 0.3) is 6.08 Å². The van der Waals surface area contributed by atoms with Crippen molar-refractivity contribution >= 4 is 23.4 Å². The van der Waals surface area contributed by atoms with E-state index < -0.39 is 12.0 Å². The minimum atomic E-state index is -0.645. The second-order valence-electron chi connectivity index (χ2n) is 8.92. The molecule has 0 amide bonds. The molecule has 0 saturated carbocycles. The third-order valence-electron chi connectivity index (χ3n) is 6.19. The van der Waals surface area contributed by atoms with Crippen LogP contribution >= 0.6 is 11.3 Å². The molecule has 0 saturated heterocycles. The van der Waals surface area contributed by atoms with Gasteiger partial charge in [-0.2, -0.15) is 0 Å². The van der Waals surface area contributed by atoms with Gasteiger partial charge in [0.25, 0.3) is 5.56 Å². The summed E-state index contributed by atoms with van der Waals surface area (Å²) in [7, 11) is 2.01. The third-order valence-corrected chi connectivity index (χ3v) is 7.18. The van der Waals surface area contributed by atoms with Crippen LogP contribution in [-0.2, 0) is 16.6 Å². The van der Waals surface area contributed by atoms with Crippen LogP contribution in [0, 0.1) is 13.8 Å². The Morgan fingerprint density at radius 3 is 2.46 bits per heavy atom. The van der Waals surface area contributed by atoms with E-state index in [1.54, 1.807) is 25.3 Å². The molecule has 0 bridgehead atoms. The number of esters is 1. The van der Waals surface area contributed by atoms with Crippen LogP contribution < -0.4 is 19.6 Å². The van der Waals surface area contributed by atoms with Gasteiger partial charge in [-0.25, -0.2) is 9.79 Å². The number of carbonyl (C=O) groups excluding carboxylic acids is 1. The Morgan fingerprint density at radius 2 is 1.89 bits per heavy atom. The topological polar surface area (TPSA) is 74.8 Å². The number of thiazole rings is 1. The van der Waals surface area contributed by atoms with E-state index in [2.05, 4.69) is 15.6 Å². The lowest BCUT2D eigenvalue weighted by atomic mass is 9.96. The molecule has 1 atom stereocenters. The molecule has 7 nitrogen and oxygen atoms in total. The van der Waals surface area contributed by atoms with E-state index in [1.165, 1.54) is 11.3 Å². The molecule has 8 heteroatoms. The van der Waals surface area contributed by atoms with Gasteiger partial charge in [-0.15, -0.1) is 0 Å². The van der Waals surface area contributed by atoms with Crippen molar-refractivity contribution in [3.63, 3.8) is 0 Å². The van der Waals surface area contributed by atoms with Gasteiger partial charge in [0.05, 0.1) is 34.6 Å². The predicted molar refractivity (Wildman–Crippen MR) is 137 cm³/mol. The van der Waals surface area contributed by atoms with Crippen molar-refractivity contribution in [3.05, 3.63) is 83.8 Å². The summed E-state index contributed by atoms with van der Waals surface area (Å²) >= 11 is 1.33. The number of ether oxygens (including phenoxy) is 2. The fraction of sp³-hybridized carbons (Fsp3) is 0.370. The van der Waals surface area contributed by atoms with Crippen molar-refractivity contribution in [2.75, 3.05) is 6.61 Å². The summed E-state index contributed by atoms with van der Waals surface area (Å²) in [6.07, 6.45) is 1.62. The number of hydrogen-bond donors (Lipinski definition) is 0. The molecule has 184 valence electrons. The van der Waals surface area contributed by atoms with E-state index in [1.807, 2.05) is 58.2 Å². The first kappa shape index (κ1) is 24.7. The zero-order valence-corrected chi connectivity index (χ0v) is 22.0. The van der Waals surface area contributed by atoms with Gasteiger partial charge >= 0.3 is 5.97 Å². The lowest BCUT2D eigenvalue weighted by Crippen LogP contribution is -2.40. The lowest BCUT2D eigenvalue weighted by molar-refractivity contribution is -0.143. The Kier molecular flexibility index (Phi) is 6.85. The largest absolute Gasteiger partial charge is 0.494 e. The number of benzene rings is 1. The normalized spacial score (nSPS) is 15.9. The van der Waals surface area contributed by atoms with Crippen LogP contribution in [0.15, 0.2) is 51.4 Å². The highest BCUT2D eigenvalue weighted by Crippen LogP contribution is 2.32. The SMILES string of the molecule is CCOc1ccc([C@H]2C(C(=O)OC(C)C)=C(C)N=c3s/c(=C/c4cc(C)n(C)c4C)c(=O)n32)cc1. The summed E-state index contributed by atoms with van der Waals surface area (Å²) in [5.41, 5.74) is 4.71. The fourth-order valence-electron chi connectivity index (χ4n) is 4.26. The Labute approximate surface area is 208 Å². The van der Waals surface area contributed by atoms with E-state index >= 15 is 0 Å². The third kappa shape index (κ3) is 4.62. The summed E-state index contributed by atoms with van der Waals surface area (Å²) < 4.78 is 15.4. The van der Waals surface area contributed by atoms with Gasteiger partial charge in [-0.1, -0.05) is 23.5 Å². The molecule has 1 aliphatic rings. The van der Waals surface area contributed by atoms with E-state index in [0.29, 0.717) is 27.2 Å². The molecule has 35 heavy (non-hydrogen) atoms. The van der Waals surface area contributed by atoms with Crippen molar-refractivity contribution in [2.24, 2.45) is 12.0 Å². The summed E-state index contributed by atoms with van der Waals surface area (Å²) in [6, 6.07) is 8.90. The van der Waals surface area contributed by atoms with Gasteiger partial charge in [-0.05, 0) is 76.9 Å². The molecule has 0 aliphatic carbocycles. The zero-order valence-electron chi connectivity index (χ0n) is 21.2. The first-order valence-corrected chi connectivity index (χ1v) is 12.5. The van der Waals surface area contributed by atoms with Gasteiger partial charge in [-0.3, -0.25) is 9.36 Å². The maximum absolute atomic E-state index is 13.7. The number of carbonyl (C=O) groups is 1. The molecule has 1 aliphatic heterocycles. The maximum atomic E-state index is 13.7. The Morgan fingerprint density at radius 1 is 1.20 bits per heavy atom. The van der Waals surface area contributed by atoms with Crippen LogP contribution in [0.3, 0.4) is 0 Å². The molecule has 1 aromatic carbocycles. The quantitative estimate of drug-likeness (QED) is 0.493. The number of aryl methyl sites for hydroxylation is 1. The standard InChI is InChI=1S/C27H31N3O4S/c1-8-33-21-11-9-19(10-12-21)24-23(26(32)34-15(2)3)17(5)28-27-30(24)25(31)22(35-27)14-20-13-16(4)29(7)18(20)6/h9-15,24H,8H2,1-7H3/b22-14+/t24-/m0/s1. The number of aromatic nitrogens is 2. The highest BCUT2D eigenvalue weighted by atomic mass is 32.1. The molecule has 3 heterocycles. The number of nitrogens with zero attached hydrogens (tertiary/aromatic N) is 3. The predicted octanol–water partition coefficient (Wildman–Crippen LogP) is 3.54. The molecular formula is C27H31N3O4S. The Balaban J connectivity index is 1.93. The van der Waals surface area contributed by atoms with Crippen molar-refractivity contribution in [1.29, 1.82) is 0 Å². The van der Waals surface area contributed by atoms with Crippen molar-refractivity contribution < 1.29 is 14.3 Å². The summed E-state index contributed by atoms with van der Waals surface area (Å²) in [6.45, 7) is 11.9. The second-order valence-corrected chi connectivity index (χ2v) is 9.93. The highest BCUT2D eigenvalue weighted by molar-refractivity contribution is 7.07. The minimum absolute atomic E-state index is 0.184. The molecule has 2 aromatic heterocycles. The summed E-state index contributed by atoms with van der Waals surface area (Å²) in [5.74, 6) is 0.259. The molecular weight excluding hydrogens is 462 g/mol. The molecule has 0 N–H and O–H groups in total. The van der Waals surface area contributed by atoms with Gasteiger partial charge < -0.3 is 14.0 Å². The Hall–Kier alpha value is -3.39. The molecule has 0 spiro atoms. The summed E-state index contributed by atoms with van der Waals surface area (Å²) in [5, 5.41) is 0. The van der Waals surface area contributed by atoms with Crippen molar-refractivity contribution in [1.82, 2.24) is 9.13 Å². The fourth-order valence-corrected chi connectivity index (χ4v) is 5.30. The zero-order chi connectivity index (χ0) is 25.4. The first-order valence-electron chi connectivity index (χ1n) is 11.7. The van der Waals surface area contributed by atoms with E-state index in [9.17, 15) is 9.59 Å². The van der Waals surface area contributed by atoms with Gasteiger partial charge in [0.15, 0.2) is 4.80 Å². The van der Waals surface area contributed by atoms with Crippen LogP contribution in [-0.4, -0.2) is 27.8 Å². The van der Waals surface area contributed by atoms with E-state index in [-0.39, 0.29) is 11.7 Å². The molecule has 0 unspecified atom stereocenters. The maximum Gasteiger partial charge on any atom is 0.338 e. The minimum Gasteiger partial charge on any atom is -0.494 e. The van der Waals surface area contributed by atoms with Crippen molar-refractivity contribution in [3.8, 4) is 5.75 Å². The molecule has 0 fully saturated rings. The second kappa shape index (κ2) is 9.70. The average Bonchev–Trinajstić information content (AvgIpc) is 3.23. The van der Waals surface area contributed by atoms with Gasteiger partial charge in [0, 0.05) is 18.4 Å². The lowest BCUT2D eigenvalue weighted by Gasteiger charge is -2.25. The molecule has 3 aromatic rings. The number of fused-ring (bicyclic) bond motifs is 1. The van der Waals surface area contributed by atoms with E-state index in [4.69, 9.17) is 9.47 Å². The highest BCUT2D eigenvalue weighted by Gasteiger charge is 2.33. The number of hydrogen-bond acceptors (Lipinski definition) is 6. The van der Waals surface area contributed by atoms with Crippen LogP contribution in [0.1, 0.15) is 56.3 Å².